The summed E-state index contributed by atoms with van der Waals surface area (Å²) >= 11 is 0. The summed E-state index contributed by atoms with van der Waals surface area (Å²) in [7, 11) is 6.35. The van der Waals surface area contributed by atoms with E-state index in [0.717, 1.165) is 49.2 Å². The molecule has 1 saturated heterocycles. The minimum absolute atomic E-state index is 0.0219. The molecular formula is C24H29NO5. The lowest BCUT2D eigenvalue weighted by molar-refractivity contribution is -0.125. The summed E-state index contributed by atoms with van der Waals surface area (Å²) in [6.07, 6.45) is 5.11. The average Bonchev–Trinajstić information content (AvgIpc) is 2.82. The Morgan fingerprint density at radius 3 is 1.93 bits per heavy atom. The van der Waals surface area contributed by atoms with E-state index in [0.29, 0.717) is 22.8 Å². The van der Waals surface area contributed by atoms with Gasteiger partial charge in [-0.25, -0.2) is 0 Å². The van der Waals surface area contributed by atoms with E-state index in [9.17, 15) is 4.79 Å². The van der Waals surface area contributed by atoms with Gasteiger partial charge < -0.3 is 23.8 Å². The summed E-state index contributed by atoms with van der Waals surface area (Å²) in [5.74, 6) is 2.38. The van der Waals surface area contributed by atoms with Gasteiger partial charge in [0.1, 0.15) is 5.75 Å². The molecule has 0 aromatic heterocycles. The fourth-order valence-corrected chi connectivity index (χ4v) is 3.66. The van der Waals surface area contributed by atoms with Crippen LogP contribution in [0.25, 0.3) is 11.6 Å². The highest BCUT2D eigenvalue weighted by atomic mass is 16.5. The minimum Gasteiger partial charge on any atom is -0.497 e. The number of benzene rings is 2. The molecule has 1 heterocycles. The maximum atomic E-state index is 13.4. The molecule has 0 saturated carbocycles. The van der Waals surface area contributed by atoms with Crippen LogP contribution in [-0.4, -0.2) is 52.3 Å². The lowest BCUT2D eigenvalue weighted by atomic mass is 9.99. The topological polar surface area (TPSA) is 57.2 Å². The first kappa shape index (κ1) is 21.6. The van der Waals surface area contributed by atoms with Gasteiger partial charge in [-0.05, 0) is 60.7 Å². The Balaban J connectivity index is 2.08. The van der Waals surface area contributed by atoms with Crippen LogP contribution in [0.4, 0.5) is 0 Å². The van der Waals surface area contributed by atoms with Gasteiger partial charge in [-0.15, -0.1) is 0 Å². The number of hydrogen-bond acceptors (Lipinski definition) is 5. The lowest BCUT2D eigenvalue weighted by Gasteiger charge is -2.28. The molecule has 0 spiro atoms. The molecule has 1 aliphatic heterocycles. The second-order valence-electron chi connectivity index (χ2n) is 7.10. The van der Waals surface area contributed by atoms with E-state index in [1.807, 2.05) is 47.4 Å². The third kappa shape index (κ3) is 4.70. The van der Waals surface area contributed by atoms with Crippen LogP contribution in [-0.2, 0) is 4.79 Å². The predicted octanol–water partition coefficient (Wildman–Crippen LogP) is 4.27. The van der Waals surface area contributed by atoms with Crippen LogP contribution in [0, 0.1) is 0 Å². The smallest absolute Gasteiger partial charge is 0.254 e. The SMILES string of the molecule is COc1ccc(/C(=C\c2cc(OC)c(OC)c(OC)c2)C(=O)N2CCCCC2)cc1. The van der Waals surface area contributed by atoms with E-state index in [1.165, 1.54) is 0 Å². The number of carbonyl (C=O) groups excluding carboxylic acids is 1. The third-order valence-corrected chi connectivity index (χ3v) is 5.27. The van der Waals surface area contributed by atoms with Crippen LogP contribution in [0.15, 0.2) is 36.4 Å². The van der Waals surface area contributed by atoms with Gasteiger partial charge in [0.05, 0.1) is 28.4 Å². The maximum absolute atomic E-state index is 13.4. The molecule has 0 bridgehead atoms. The van der Waals surface area contributed by atoms with Crippen LogP contribution in [0.1, 0.15) is 30.4 Å². The summed E-state index contributed by atoms with van der Waals surface area (Å²) in [4.78, 5) is 15.4. The molecule has 0 unspecified atom stereocenters. The van der Waals surface area contributed by atoms with Gasteiger partial charge in [0.15, 0.2) is 11.5 Å². The van der Waals surface area contributed by atoms with Crippen molar-refractivity contribution in [2.75, 3.05) is 41.5 Å². The lowest BCUT2D eigenvalue weighted by Crippen LogP contribution is -2.36. The van der Waals surface area contributed by atoms with Gasteiger partial charge in [0.2, 0.25) is 5.75 Å². The Morgan fingerprint density at radius 1 is 0.833 bits per heavy atom. The van der Waals surface area contributed by atoms with E-state index >= 15 is 0 Å². The summed E-state index contributed by atoms with van der Waals surface area (Å²) < 4.78 is 21.6. The van der Waals surface area contributed by atoms with E-state index in [1.54, 1.807) is 28.4 Å². The van der Waals surface area contributed by atoms with Crippen molar-refractivity contribution in [3.63, 3.8) is 0 Å². The first-order valence-electron chi connectivity index (χ1n) is 10.1. The highest BCUT2D eigenvalue weighted by Crippen LogP contribution is 2.39. The van der Waals surface area contributed by atoms with Gasteiger partial charge >= 0.3 is 0 Å². The number of hydrogen-bond donors (Lipinski definition) is 0. The van der Waals surface area contributed by atoms with Crippen molar-refractivity contribution < 1.29 is 23.7 Å². The van der Waals surface area contributed by atoms with Gasteiger partial charge in [-0.2, -0.15) is 0 Å². The van der Waals surface area contributed by atoms with E-state index in [2.05, 4.69) is 0 Å². The molecule has 0 aliphatic carbocycles. The zero-order valence-electron chi connectivity index (χ0n) is 18.1. The molecular weight excluding hydrogens is 382 g/mol. The van der Waals surface area contributed by atoms with Crippen molar-refractivity contribution in [2.24, 2.45) is 0 Å². The molecule has 0 radical (unpaired) electrons. The zero-order valence-corrected chi connectivity index (χ0v) is 18.1. The van der Waals surface area contributed by atoms with Crippen LogP contribution < -0.4 is 18.9 Å². The summed E-state index contributed by atoms with van der Waals surface area (Å²) in [6.45, 7) is 1.56. The van der Waals surface area contributed by atoms with E-state index < -0.39 is 0 Å². The van der Waals surface area contributed by atoms with Gasteiger partial charge in [-0.3, -0.25) is 4.79 Å². The van der Waals surface area contributed by atoms with Crippen LogP contribution in [0.2, 0.25) is 0 Å². The molecule has 1 aliphatic rings. The van der Waals surface area contributed by atoms with Crippen LogP contribution >= 0.6 is 0 Å². The van der Waals surface area contributed by atoms with Gasteiger partial charge in [0.25, 0.3) is 5.91 Å². The highest BCUT2D eigenvalue weighted by Gasteiger charge is 2.22. The monoisotopic (exact) mass is 411 g/mol. The van der Waals surface area contributed by atoms with Gasteiger partial charge in [-0.1, -0.05) is 12.1 Å². The van der Waals surface area contributed by atoms with E-state index in [-0.39, 0.29) is 5.91 Å². The van der Waals surface area contributed by atoms with Crippen molar-refractivity contribution in [1.82, 2.24) is 4.90 Å². The van der Waals surface area contributed by atoms with Crippen molar-refractivity contribution in [1.29, 1.82) is 0 Å². The quantitative estimate of drug-likeness (QED) is 0.503. The largest absolute Gasteiger partial charge is 0.497 e. The maximum Gasteiger partial charge on any atom is 0.254 e. The molecule has 30 heavy (non-hydrogen) atoms. The molecule has 6 heteroatoms. The number of rotatable bonds is 7. The van der Waals surface area contributed by atoms with Gasteiger partial charge in [0, 0.05) is 18.7 Å². The minimum atomic E-state index is 0.0219. The number of methoxy groups -OCH3 is 4. The fraction of sp³-hybridized carbons (Fsp3) is 0.375. The molecule has 6 nitrogen and oxygen atoms in total. The Kier molecular flexibility index (Phi) is 7.22. The molecule has 2 aromatic carbocycles. The second kappa shape index (κ2) is 10.1. The van der Waals surface area contributed by atoms with Crippen molar-refractivity contribution >= 4 is 17.6 Å². The predicted molar refractivity (Wildman–Crippen MR) is 117 cm³/mol. The molecule has 0 N–H and O–H groups in total. The molecule has 2 aromatic rings. The Labute approximate surface area is 178 Å². The third-order valence-electron chi connectivity index (χ3n) is 5.27. The Hall–Kier alpha value is -3.15. The summed E-state index contributed by atoms with van der Waals surface area (Å²) in [5.41, 5.74) is 2.25. The molecule has 3 rings (SSSR count). The van der Waals surface area contributed by atoms with Crippen LogP contribution in [0.3, 0.4) is 0 Å². The molecule has 0 atom stereocenters. The zero-order chi connectivity index (χ0) is 21.5. The summed E-state index contributed by atoms with van der Waals surface area (Å²) in [5, 5.41) is 0. The molecule has 160 valence electrons. The van der Waals surface area contributed by atoms with E-state index in [4.69, 9.17) is 18.9 Å². The highest BCUT2D eigenvalue weighted by molar-refractivity contribution is 6.24. The fourth-order valence-electron chi connectivity index (χ4n) is 3.66. The molecule has 1 amide bonds. The molecule has 1 fully saturated rings. The van der Waals surface area contributed by atoms with Crippen LogP contribution in [0.5, 0.6) is 23.0 Å². The normalized spacial score (nSPS) is 14.3. The standard InChI is InChI=1S/C24H29NO5/c1-27-19-10-8-18(9-11-19)20(24(26)25-12-6-5-7-13-25)14-17-15-21(28-2)23(30-4)22(16-17)29-3/h8-11,14-16H,5-7,12-13H2,1-4H3/b20-14+. The Morgan fingerprint density at radius 2 is 1.43 bits per heavy atom. The van der Waals surface area contributed by atoms with Crippen molar-refractivity contribution in [3.8, 4) is 23.0 Å². The number of amides is 1. The summed E-state index contributed by atoms with van der Waals surface area (Å²) in [6, 6.07) is 11.2. The average molecular weight is 411 g/mol. The van der Waals surface area contributed by atoms with Crippen molar-refractivity contribution in [2.45, 2.75) is 19.3 Å². The second-order valence-corrected chi connectivity index (χ2v) is 7.10. The van der Waals surface area contributed by atoms with Crippen molar-refractivity contribution in [3.05, 3.63) is 47.5 Å². The number of piperidine rings is 1. The first-order chi connectivity index (χ1) is 14.6. The Bertz CT molecular complexity index is 873. The number of likely N-dealkylation sites (tertiary alicyclic amines) is 1. The first-order valence-corrected chi connectivity index (χ1v) is 10.1. The number of nitrogens with zero attached hydrogens (tertiary/aromatic N) is 1. The number of ether oxygens (including phenoxy) is 4. The number of carbonyl (C=O) groups is 1.